The number of hydrogen-bond donors (Lipinski definition) is 4. The number of benzene rings is 2. The maximum absolute atomic E-state index is 10.2. The molecule has 0 spiro atoms. The van der Waals surface area contributed by atoms with Crippen LogP contribution in [0.2, 0.25) is 0 Å². The zero-order valence-corrected chi connectivity index (χ0v) is 14.9. The minimum absolute atomic E-state index is 0. The van der Waals surface area contributed by atoms with Crippen LogP contribution in [-0.2, 0) is 19.4 Å². The zero-order chi connectivity index (χ0) is 16.4. The summed E-state index contributed by atoms with van der Waals surface area (Å²) in [6.07, 6.45) is 1.54. The summed E-state index contributed by atoms with van der Waals surface area (Å²) < 4.78 is 0.723. The van der Waals surface area contributed by atoms with Crippen LogP contribution in [0.5, 0.6) is 23.0 Å². The summed E-state index contributed by atoms with van der Waals surface area (Å²) in [7, 11) is 2.14. The van der Waals surface area contributed by atoms with Gasteiger partial charge in [-0.05, 0) is 29.3 Å². The molecule has 128 valence electrons. The van der Waals surface area contributed by atoms with Crippen LogP contribution in [0.3, 0.4) is 0 Å². The highest BCUT2D eigenvalue weighted by Crippen LogP contribution is 2.48. The van der Waals surface area contributed by atoms with Gasteiger partial charge in [-0.2, -0.15) is 0 Å². The molecule has 24 heavy (non-hydrogen) atoms. The number of nitrogens with zero attached hydrogens (tertiary/aromatic N) is 1. The molecule has 0 fully saturated rings. The Labute approximate surface area is 150 Å². The summed E-state index contributed by atoms with van der Waals surface area (Å²) in [5.41, 5.74) is 3.98. The predicted octanol–water partition coefficient (Wildman–Crippen LogP) is -0.687. The van der Waals surface area contributed by atoms with Gasteiger partial charge in [0.2, 0.25) is 0 Å². The van der Waals surface area contributed by atoms with Gasteiger partial charge in [0.15, 0.2) is 23.0 Å². The molecule has 5 nitrogen and oxygen atoms in total. The molecule has 4 N–H and O–H groups in total. The van der Waals surface area contributed by atoms with Gasteiger partial charge >= 0.3 is 0 Å². The lowest BCUT2D eigenvalue weighted by molar-refractivity contribution is -0.956. The third-order valence-corrected chi connectivity index (χ3v) is 5.53. The van der Waals surface area contributed by atoms with Crippen molar-refractivity contribution >= 4 is 0 Å². The van der Waals surface area contributed by atoms with Crippen molar-refractivity contribution in [3.05, 3.63) is 46.5 Å². The van der Waals surface area contributed by atoms with Gasteiger partial charge in [-0.25, -0.2) is 0 Å². The molecular weight excluding hydrogens is 374 g/mol. The first-order valence-corrected chi connectivity index (χ1v) is 7.81. The topological polar surface area (TPSA) is 80.9 Å². The molecular formula is C18H20BrNO4. The van der Waals surface area contributed by atoms with Gasteiger partial charge in [-0.1, -0.05) is 6.07 Å². The molecule has 0 aromatic heterocycles. The molecule has 0 saturated heterocycles. The maximum Gasteiger partial charge on any atom is 0.166 e. The molecule has 2 aliphatic heterocycles. The van der Waals surface area contributed by atoms with Crippen LogP contribution in [0, 0.1) is 0 Å². The standard InChI is InChI=1S/C18H19NO4.BrH/c1-19-5-4-11-7-16(21)17(22)8-12(11)14(19)6-10-2-3-15(20)18(23)13(10)9-19;/h2-3,7-8,14H,4-6,9H2,1H3,(H3-,20,21,22,23);1H. The molecule has 4 rings (SSSR count). The number of rotatable bonds is 0. The van der Waals surface area contributed by atoms with E-state index in [2.05, 4.69) is 7.05 Å². The van der Waals surface area contributed by atoms with Crippen LogP contribution < -0.4 is 17.0 Å². The van der Waals surface area contributed by atoms with E-state index >= 15 is 0 Å². The van der Waals surface area contributed by atoms with Crippen molar-refractivity contribution in [1.82, 2.24) is 0 Å². The smallest absolute Gasteiger partial charge is 0.166 e. The highest BCUT2D eigenvalue weighted by atomic mass is 79.9. The summed E-state index contributed by atoms with van der Waals surface area (Å²) in [4.78, 5) is 0. The SMILES string of the molecule is C[N+]12CCc3cc(O)c(O)cc3C1Cc1ccc(O)c(O)c1C2.[Br-]. The van der Waals surface area contributed by atoms with Crippen LogP contribution in [0.4, 0.5) is 0 Å². The van der Waals surface area contributed by atoms with E-state index in [-0.39, 0.29) is 46.0 Å². The highest BCUT2D eigenvalue weighted by molar-refractivity contribution is 5.52. The van der Waals surface area contributed by atoms with Crippen molar-refractivity contribution in [3.63, 3.8) is 0 Å². The number of halogens is 1. The molecule has 0 aliphatic carbocycles. The number of likely N-dealkylation sites (N-methyl/N-ethyl adjacent to an activating group) is 1. The highest BCUT2D eigenvalue weighted by Gasteiger charge is 2.44. The van der Waals surface area contributed by atoms with Gasteiger partial charge in [-0.3, -0.25) is 0 Å². The molecule has 0 radical (unpaired) electrons. The fourth-order valence-corrected chi connectivity index (χ4v) is 4.15. The average molecular weight is 394 g/mol. The number of phenols is 4. The van der Waals surface area contributed by atoms with Crippen molar-refractivity contribution in [2.24, 2.45) is 0 Å². The molecule has 6 heteroatoms. The van der Waals surface area contributed by atoms with Crippen LogP contribution in [0.1, 0.15) is 28.3 Å². The largest absolute Gasteiger partial charge is 1.00 e. The van der Waals surface area contributed by atoms with Crippen molar-refractivity contribution in [1.29, 1.82) is 0 Å². The van der Waals surface area contributed by atoms with Crippen molar-refractivity contribution in [2.45, 2.75) is 25.4 Å². The van der Waals surface area contributed by atoms with Gasteiger partial charge in [0.25, 0.3) is 0 Å². The Morgan fingerprint density at radius 1 is 0.958 bits per heavy atom. The van der Waals surface area contributed by atoms with E-state index in [0.717, 1.165) is 46.1 Å². The Balaban J connectivity index is 0.00000169. The van der Waals surface area contributed by atoms with E-state index in [0.29, 0.717) is 6.54 Å². The van der Waals surface area contributed by atoms with E-state index < -0.39 is 0 Å². The summed E-state index contributed by atoms with van der Waals surface area (Å²) >= 11 is 0. The third kappa shape index (κ3) is 2.32. The Hall–Kier alpha value is -1.92. The van der Waals surface area contributed by atoms with Crippen LogP contribution >= 0.6 is 0 Å². The van der Waals surface area contributed by atoms with Gasteiger partial charge in [0, 0.05) is 18.4 Å². The zero-order valence-electron chi connectivity index (χ0n) is 13.3. The summed E-state index contributed by atoms with van der Waals surface area (Å²) in [6.45, 7) is 1.53. The van der Waals surface area contributed by atoms with E-state index in [1.54, 1.807) is 12.1 Å². The average Bonchev–Trinajstić information content (AvgIpc) is 2.52. The van der Waals surface area contributed by atoms with Gasteiger partial charge in [0.05, 0.1) is 19.2 Å². The lowest BCUT2D eigenvalue weighted by atomic mass is 9.81. The fourth-order valence-electron chi connectivity index (χ4n) is 4.15. The third-order valence-electron chi connectivity index (χ3n) is 5.53. The number of quaternary nitrogens is 1. The summed E-state index contributed by atoms with van der Waals surface area (Å²) in [5.74, 6) is -0.247. The quantitative estimate of drug-likeness (QED) is 0.353. The molecule has 2 unspecified atom stereocenters. The lowest BCUT2D eigenvalue weighted by Crippen LogP contribution is -3.00. The fraction of sp³-hybridized carbons (Fsp3) is 0.333. The molecule has 0 saturated carbocycles. The second-order valence-corrected chi connectivity index (χ2v) is 6.94. The van der Waals surface area contributed by atoms with E-state index in [1.165, 1.54) is 6.07 Å². The normalized spacial score (nSPS) is 24.3. The summed E-state index contributed by atoms with van der Waals surface area (Å²) in [6, 6.07) is 6.90. The van der Waals surface area contributed by atoms with Crippen molar-refractivity contribution < 1.29 is 41.9 Å². The van der Waals surface area contributed by atoms with Gasteiger partial charge < -0.3 is 41.9 Å². The van der Waals surface area contributed by atoms with Gasteiger partial charge in [0.1, 0.15) is 12.6 Å². The molecule has 2 heterocycles. The Kier molecular flexibility index (Phi) is 3.92. The molecule has 2 aromatic rings. The molecule has 0 amide bonds. The van der Waals surface area contributed by atoms with Gasteiger partial charge in [-0.15, -0.1) is 0 Å². The first kappa shape index (κ1) is 16.9. The Morgan fingerprint density at radius 3 is 2.42 bits per heavy atom. The van der Waals surface area contributed by atoms with Crippen molar-refractivity contribution in [2.75, 3.05) is 13.6 Å². The minimum atomic E-state index is -0.0865. The number of fused-ring (bicyclic) bond motifs is 4. The number of phenolic OH excluding ortho intramolecular Hbond substituents is 4. The monoisotopic (exact) mass is 393 g/mol. The van der Waals surface area contributed by atoms with Crippen LogP contribution in [0.25, 0.3) is 0 Å². The maximum atomic E-state index is 10.2. The number of aromatic hydroxyl groups is 4. The second kappa shape index (κ2) is 5.57. The van der Waals surface area contributed by atoms with Crippen molar-refractivity contribution in [3.8, 4) is 23.0 Å². The summed E-state index contributed by atoms with van der Waals surface area (Å²) in [5, 5.41) is 39.6. The van der Waals surface area contributed by atoms with E-state index in [4.69, 9.17) is 0 Å². The van der Waals surface area contributed by atoms with Crippen LogP contribution in [0.15, 0.2) is 24.3 Å². The van der Waals surface area contributed by atoms with E-state index in [1.807, 2.05) is 6.07 Å². The molecule has 2 atom stereocenters. The predicted molar refractivity (Wildman–Crippen MR) is 84.4 cm³/mol. The number of hydrogen-bond acceptors (Lipinski definition) is 4. The Morgan fingerprint density at radius 2 is 1.67 bits per heavy atom. The first-order valence-electron chi connectivity index (χ1n) is 7.81. The molecule has 2 aliphatic rings. The van der Waals surface area contributed by atoms with E-state index in [9.17, 15) is 20.4 Å². The molecule has 2 aromatic carbocycles. The second-order valence-electron chi connectivity index (χ2n) is 6.94. The minimum Gasteiger partial charge on any atom is -1.00 e. The lowest BCUT2D eigenvalue weighted by Gasteiger charge is -2.48. The first-order chi connectivity index (χ1) is 10.9. The van der Waals surface area contributed by atoms with Crippen LogP contribution in [-0.4, -0.2) is 38.5 Å². The Bertz CT molecular complexity index is 823. The molecule has 0 bridgehead atoms.